The smallest absolute Gasteiger partial charge is 0.408 e. The Balaban J connectivity index is 0.932. The van der Waals surface area contributed by atoms with Gasteiger partial charge in [-0.15, -0.1) is 11.3 Å². The van der Waals surface area contributed by atoms with Gasteiger partial charge in [-0.3, -0.25) is 9.69 Å². The molecule has 4 heterocycles. The van der Waals surface area contributed by atoms with Crippen LogP contribution in [0.25, 0.3) is 21.1 Å². The molecule has 4 aliphatic rings. The van der Waals surface area contributed by atoms with Gasteiger partial charge in [-0.1, -0.05) is 6.07 Å². The van der Waals surface area contributed by atoms with E-state index in [0.29, 0.717) is 28.3 Å². The second-order valence-corrected chi connectivity index (χ2v) is 17.0. The van der Waals surface area contributed by atoms with E-state index in [9.17, 15) is 28.0 Å². The number of amides is 2. The average Bonchev–Trinajstić information content (AvgIpc) is 3.60. The molecule has 1 aromatic carbocycles. The summed E-state index contributed by atoms with van der Waals surface area (Å²) >= 11 is 1.05. The van der Waals surface area contributed by atoms with Crippen molar-refractivity contribution in [3.8, 4) is 6.07 Å². The van der Waals surface area contributed by atoms with Crippen LogP contribution >= 0.6 is 11.3 Å². The van der Waals surface area contributed by atoms with Gasteiger partial charge in [-0.25, -0.2) is 14.8 Å². The van der Waals surface area contributed by atoms with Gasteiger partial charge in [0.15, 0.2) is 0 Å². The molecule has 11 nitrogen and oxygen atoms in total. The summed E-state index contributed by atoms with van der Waals surface area (Å²) in [4.78, 5) is 36.2. The predicted molar refractivity (Wildman–Crippen MR) is 192 cm³/mol. The molecule has 52 heavy (non-hydrogen) atoms. The first kappa shape index (κ1) is 36.0. The number of piperidine rings is 1. The normalized spacial score (nSPS) is 22.0. The molecule has 3 N–H and O–H groups in total. The van der Waals surface area contributed by atoms with Gasteiger partial charge >= 0.3 is 12.3 Å². The summed E-state index contributed by atoms with van der Waals surface area (Å²) < 4.78 is 46.2. The Kier molecular flexibility index (Phi) is 9.14. The van der Waals surface area contributed by atoms with E-state index in [1.54, 1.807) is 26.8 Å². The maximum Gasteiger partial charge on any atom is 0.408 e. The molecule has 4 aromatic rings. The Labute approximate surface area is 303 Å². The topological polar surface area (TPSA) is 137 Å². The number of likely N-dealkylation sites (tertiary alicyclic amines) is 1. The number of rotatable bonds is 10. The van der Waals surface area contributed by atoms with E-state index in [4.69, 9.17) is 4.74 Å². The quantitative estimate of drug-likeness (QED) is 0.166. The minimum atomic E-state index is -4.27. The van der Waals surface area contributed by atoms with Gasteiger partial charge < -0.3 is 25.3 Å². The lowest BCUT2D eigenvalue weighted by atomic mass is 9.39. The SMILES string of the molecule is Cc1c(CN2CCC(Nc3ncnc4sc(CC(F)(F)F)cc34)CC2)ccc2c1cc(C#N)n2CC12CC(NC(=O)CNC(=O)OC(C)(C)C)(C1)C2. The molecule has 2 bridgehead atoms. The van der Waals surface area contributed by atoms with Gasteiger partial charge in [0.05, 0.1) is 11.8 Å². The lowest BCUT2D eigenvalue weighted by molar-refractivity contribution is -0.171. The fourth-order valence-corrected chi connectivity index (χ4v) is 9.40. The number of alkyl carbamates (subject to hydrolysis) is 1. The largest absolute Gasteiger partial charge is 0.444 e. The summed E-state index contributed by atoms with van der Waals surface area (Å²) in [5.41, 5.74) is 3.17. The summed E-state index contributed by atoms with van der Waals surface area (Å²) in [6.45, 7) is 10.5. The number of thiophene rings is 1. The third-order valence-corrected chi connectivity index (χ3v) is 11.5. The Bertz CT molecular complexity index is 2050. The van der Waals surface area contributed by atoms with Crippen molar-refractivity contribution in [3.63, 3.8) is 0 Å². The number of hydrogen-bond donors (Lipinski definition) is 3. The number of anilines is 1. The predicted octanol–water partition coefficient (Wildman–Crippen LogP) is 6.57. The lowest BCUT2D eigenvalue weighted by Gasteiger charge is -2.70. The zero-order chi connectivity index (χ0) is 37.1. The number of nitrogens with zero attached hydrogens (tertiary/aromatic N) is 5. The van der Waals surface area contributed by atoms with Crippen molar-refractivity contribution in [1.82, 2.24) is 30.1 Å². The summed E-state index contributed by atoms with van der Waals surface area (Å²) in [6.07, 6.45) is -0.231. The zero-order valence-corrected chi connectivity index (χ0v) is 30.6. The van der Waals surface area contributed by atoms with Crippen molar-refractivity contribution in [2.24, 2.45) is 5.41 Å². The van der Waals surface area contributed by atoms with E-state index < -0.39 is 24.3 Å². The van der Waals surface area contributed by atoms with E-state index >= 15 is 0 Å². The Morgan fingerprint density at radius 2 is 1.83 bits per heavy atom. The maximum absolute atomic E-state index is 13.0. The molecule has 3 aliphatic carbocycles. The Hall–Kier alpha value is -4.42. The number of carbonyl (C=O) groups is 2. The first-order chi connectivity index (χ1) is 24.5. The van der Waals surface area contributed by atoms with E-state index in [1.807, 2.05) is 6.07 Å². The van der Waals surface area contributed by atoms with Crippen LogP contribution in [0.1, 0.15) is 74.6 Å². The maximum atomic E-state index is 13.0. The molecule has 0 atom stereocenters. The Morgan fingerprint density at radius 3 is 2.50 bits per heavy atom. The van der Waals surface area contributed by atoms with Crippen molar-refractivity contribution in [2.45, 2.75) is 103 Å². The molecular weight excluding hydrogens is 694 g/mol. The van der Waals surface area contributed by atoms with Crippen LogP contribution in [-0.2, 0) is 29.0 Å². The molecule has 0 unspecified atom stereocenters. The van der Waals surface area contributed by atoms with Crippen molar-refractivity contribution in [3.05, 3.63) is 52.3 Å². The first-order valence-electron chi connectivity index (χ1n) is 17.6. The van der Waals surface area contributed by atoms with Crippen LogP contribution in [0.3, 0.4) is 0 Å². The highest BCUT2D eigenvalue weighted by molar-refractivity contribution is 7.18. The van der Waals surface area contributed by atoms with E-state index in [-0.39, 0.29) is 34.3 Å². The number of nitrogens with one attached hydrogen (secondary N) is 3. The molecule has 2 amide bonds. The number of halogens is 3. The number of carbonyl (C=O) groups excluding carboxylic acids is 2. The number of aromatic nitrogens is 3. The molecule has 1 aliphatic heterocycles. The second-order valence-electron chi connectivity index (χ2n) is 15.9. The standard InChI is InChI=1S/C37H43F3N8O3S/c1-22-23(16-47-9-7-24(8-10-47)45-31-28-12-26(13-37(38,39)40)52-32(28)44-21-43-31)5-6-29-27(22)11-25(14-41)48(29)20-35-17-36(18-35,19-35)46-30(49)15-42-33(50)51-34(2,3)4/h5-6,11-12,21,24H,7-10,13,15-20H2,1-4H3,(H,42,50)(H,46,49)(H,43,44,45). The minimum absolute atomic E-state index is 0.0285. The molecule has 8 rings (SSSR count). The highest BCUT2D eigenvalue weighted by Gasteiger charge is 2.68. The van der Waals surface area contributed by atoms with Crippen LogP contribution in [0.15, 0.2) is 30.6 Å². The number of alkyl halides is 3. The molecule has 3 aromatic heterocycles. The van der Waals surface area contributed by atoms with Gasteiger partial charge in [0.1, 0.15) is 40.9 Å². The van der Waals surface area contributed by atoms with E-state index in [0.717, 1.165) is 79.5 Å². The molecule has 0 spiro atoms. The average molecular weight is 737 g/mol. The van der Waals surface area contributed by atoms with Gasteiger partial charge in [0, 0.05) is 53.5 Å². The van der Waals surface area contributed by atoms with Crippen LogP contribution in [-0.4, -0.2) is 74.4 Å². The molecule has 15 heteroatoms. The fourth-order valence-electron chi connectivity index (χ4n) is 8.37. The monoisotopic (exact) mass is 736 g/mol. The molecule has 0 radical (unpaired) electrons. The number of aryl methyl sites for hydroxylation is 1. The summed E-state index contributed by atoms with van der Waals surface area (Å²) in [5.74, 6) is 0.345. The van der Waals surface area contributed by atoms with Crippen LogP contribution in [0.5, 0.6) is 0 Å². The minimum Gasteiger partial charge on any atom is -0.444 e. The number of hydrogen-bond acceptors (Lipinski definition) is 9. The number of benzene rings is 1. The molecule has 276 valence electrons. The van der Waals surface area contributed by atoms with Crippen LogP contribution < -0.4 is 16.0 Å². The third-order valence-electron chi connectivity index (χ3n) is 10.5. The molecule has 3 saturated carbocycles. The van der Waals surface area contributed by atoms with E-state index in [2.05, 4.69) is 60.5 Å². The van der Waals surface area contributed by atoms with E-state index in [1.165, 1.54) is 11.9 Å². The first-order valence-corrected chi connectivity index (χ1v) is 18.4. The number of fused-ring (bicyclic) bond motifs is 2. The van der Waals surface area contributed by atoms with Crippen molar-refractivity contribution in [2.75, 3.05) is 25.0 Å². The lowest BCUT2D eigenvalue weighted by Crippen LogP contribution is -2.76. The van der Waals surface area contributed by atoms with Crippen molar-refractivity contribution in [1.29, 1.82) is 5.26 Å². The highest BCUT2D eigenvalue weighted by atomic mass is 32.1. The number of nitriles is 1. The van der Waals surface area contributed by atoms with Crippen LogP contribution in [0.2, 0.25) is 0 Å². The Morgan fingerprint density at radius 1 is 1.10 bits per heavy atom. The molecular formula is C37H43F3N8O3S. The summed E-state index contributed by atoms with van der Waals surface area (Å²) in [5, 5.41) is 20.9. The molecule has 4 fully saturated rings. The van der Waals surface area contributed by atoms with Gasteiger partial charge in [0.25, 0.3) is 0 Å². The zero-order valence-electron chi connectivity index (χ0n) is 29.7. The third kappa shape index (κ3) is 7.54. The fraction of sp³-hybridized carbons (Fsp3) is 0.541. The van der Waals surface area contributed by atoms with Crippen LogP contribution in [0, 0.1) is 23.7 Å². The van der Waals surface area contributed by atoms with Gasteiger partial charge in [0.2, 0.25) is 5.91 Å². The van der Waals surface area contributed by atoms with Crippen LogP contribution in [0.4, 0.5) is 23.8 Å². The summed E-state index contributed by atoms with van der Waals surface area (Å²) in [7, 11) is 0. The van der Waals surface area contributed by atoms with Gasteiger partial charge in [-0.05, 0) is 94.5 Å². The van der Waals surface area contributed by atoms with Crippen molar-refractivity contribution >= 4 is 50.3 Å². The van der Waals surface area contributed by atoms with Crippen molar-refractivity contribution < 1.29 is 27.5 Å². The number of ether oxygens (including phenoxy) is 1. The second kappa shape index (κ2) is 13.2. The van der Waals surface area contributed by atoms with Gasteiger partial charge in [-0.2, -0.15) is 18.4 Å². The summed E-state index contributed by atoms with van der Waals surface area (Å²) in [6, 6.07) is 10.4. The highest BCUT2D eigenvalue weighted by Crippen LogP contribution is 2.68. The molecule has 1 saturated heterocycles.